The van der Waals surface area contributed by atoms with Crippen LogP contribution in [0, 0.1) is 0 Å². The second kappa shape index (κ2) is 6.07. The number of hydrogen-bond acceptors (Lipinski definition) is 4. The van der Waals surface area contributed by atoms with E-state index in [1.165, 1.54) is 0 Å². The number of rotatable bonds is 3. The molecule has 2 saturated heterocycles. The second-order valence-electron chi connectivity index (χ2n) is 5.90. The first-order chi connectivity index (χ1) is 8.99. The Morgan fingerprint density at radius 3 is 2.63 bits per heavy atom. The molecule has 0 radical (unpaired) electrons. The fraction of sp³-hybridized carbons (Fsp3) is 0.923. The van der Waals surface area contributed by atoms with Gasteiger partial charge in [-0.3, -0.25) is 4.90 Å². The summed E-state index contributed by atoms with van der Waals surface area (Å²) in [4.78, 5) is 20.2. The van der Waals surface area contributed by atoms with E-state index in [0.717, 1.165) is 39.3 Å². The van der Waals surface area contributed by atoms with E-state index < -0.39 is 0 Å². The first kappa shape index (κ1) is 14.6. The molecule has 0 N–H and O–H groups in total. The van der Waals surface area contributed by atoms with Crippen LogP contribution in [-0.2, 0) is 4.74 Å². The highest BCUT2D eigenvalue weighted by Crippen LogP contribution is 2.23. The topological polar surface area (TPSA) is 39.3 Å². The van der Waals surface area contributed by atoms with E-state index in [1.807, 2.05) is 4.90 Å². The van der Waals surface area contributed by atoms with Crippen LogP contribution in [0.3, 0.4) is 0 Å². The summed E-state index contributed by atoms with van der Waals surface area (Å²) < 4.78 is 5.83. The van der Waals surface area contributed by atoms with Gasteiger partial charge in [-0.25, -0.2) is 4.79 Å². The number of carbonyl (C=O) groups is 1. The van der Waals surface area contributed by atoms with Crippen LogP contribution in [0.1, 0.15) is 0 Å². The smallest absolute Gasteiger partial charge is 0.319 e. The zero-order chi connectivity index (χ0) is 14.0. The van der Waals surface area contributed by atoms with Crippen molar-refractivity contribution in [1.82, 2.24) is 19.6 Å². The number of likely N-dealkylation sites (tertiary alicyclic amines) is 1. The minimum Gasteiger partial charge on any atom is -0.373 e. The zero-order valence-corrected chi connectivity index (χ0v) is 12.5. The largest absolute Gasteiger partial charge is 0.373 e. The van der Waals surface area contributed by atoms with Crippen molar-refractivity contribution in [2.75, 3.05) is 67.5 Å². The molecule has 2 aliphatic heterocycles. The quantitative estimate of drug-likeness (QED) is 0.700. The summed E-state index contributed by atoms with van der Waals surface area (Å²) in [6.07, 6.45) is 0.180. The lowest BCUT2D eigenvalue weighted by Gasteiger charge is -2.37. The maximum atomic E-state index is 12.0. The SMILES string of the molecule is CN(C)CCN1CCO[C@H]2CN(C(=O)N(C)C)C[C@@H]21. The van der Waals surface area contributed by atoms with Crippen LogP contribution in [-0.4, -0.2) is 105 Å². The highest BCUT2D eigenvalue weighted by atomic mass is 16.5. The number of fused-ring (bicyclic) bond motifs is 1. The van der Waals surface area contributed by atoms with Crippen LogP contribution < -0.4 is 0 Å². The molecule has 0 saturated carbocycles. The summed E-state index contributed by atoms with van der Waals surface area (Å²) in [5.41, 5.74) is 0. The summed E-state index contributed by atoms with van der Waals surface area (Å²) in [5.74, 6) is 0. The number of carbonyl (C=O) groups excluding carboxylic acids is 1. The van der Waals surface area contributed by atoms with Crippen molar-refractivity contribution in [3.8, 4) is 0 Å². The Bertz CT molecular complexity index is 322. The summed E-state index contributed by atoms with van der Waals surface area (Å²) in [6.45, 7) is 5.35. The molecule has 2 fully saturated rings. The summed E-state index contributed by atoms with van der Waals surface area (Å²) in [7, 11) is 7.78. The lowest BCUT2D eigenvalue weighted by molar-refractivity contribution is -0.0482. The van der Waals surface area contributed by atoms with Gasteiger partial charge in [0.25, 0.3) is 0 Å². The van der Waals surface area contributed by atoms with Gasteiger partial charge in [-0.15, -0.1) is 0 Å². The number of ether oxygens (including phenoxy) is 1. The number of urea groups is 1. The molecule has 6 heteroatoms. The Hall–Kier alpha value is -0.850. The molecule has 0 aromatic carbocycles. The van der Waals surface area contributed by atoms with Crippen molar-refractivity contribution in [3.05, 3.63) is 0 Å². The van der Waals surface area contributed by atoms with E-state index in [2.05, 4.69) is 23.9 Å². The summed E-state index contributed by atoms with van der Waals surface area (Å²) in [6, 6.07) is 0.447. The molecule has 2 heterocycles. The molecule has 19 heavy (non-hydrogen) atoms. The number of morpholine rings is 1. The second-order valence-corrected chi connectivity index (χ2v) is 5.90. The van der Waals surface area contributed by atoms with Gasteiger partial charge in [0.15, 0.2) is 0 Å². The van der Waals surface area contributed by atoms with Gasteiger partial charge in [0.2, 0.25) is 0 Å². The lowest BCUT2D eigenvalue weighted by Crippen LogP contribution is -2.52. The lowest BCUT2D eigenvalue weighted by atomic mass is 10.1. The molecule has 2 rings (SSSR count). The monoisotopic (exact) mass is 270 g/mol. The Balaban J connectivity index is 1.94. The average molecular weight is 270 g/mol. The minimum absolute atomic E-state index is 0.0885. The normalized spacial score (nSPS) is 27.7. The van der Waals surface area contributed by atoms with E-state index in [4.69, 9.17) is 4.74 Å². The molecule has 0 bridgehead atoms. The van der Waals surface area contributed by atoms with E-state index in [1.54, 1.807) is 19.0 Å². The molecular formula is C13H26N4O2. The van der Waals surface area contributed by atoms with Crippen molar-refractivity contribution in [2.45, 2.75) is 12.1 Å². The Labute approximate surface area is 115 Å². The minimum atomic E-state index is 0.0885. The van der Waals surface area contributed by atoms with Crippen LogP contribution in [0.2, 0.25) is 0 Å². The molecule has 110 valence electrons. The van der Waals surface area contributed by atoms with Crippen LogP contribution in [0.15, 0.2) is 0 Å². The molecule has 2 amide bonds. The van der Waals surface area contributed by atoms with Gasteiger partial charge >= 0.3 is 6.03 Å². The third kappa shape index (κ3) is 3.38. The molecule has 0 aliphatic carbocycles. The third-order valence-electron chi connectivity index (χ3n) is 3.90. The molecule has 2 atom stereocenters. The third-order valence-corrected chi connectivity index (χ3v) is 3.90. The van der Waals surface area contributed by atoms with Crippen molar-refractivity contribution >= 4 is 6.03 Å². The zero-order valence-electron chi connectivity index (χ0n) is 12.5. The maximum absolute atomic E-state index is 12.0. The van der Waals surface area contributed by atoms with Gasteiger partial charge in [0, 0.05) is 40.3 Å². The van der Waals surface area contributed by atoms with Crippen molar-refractivity contribution in [3.63, 3.8) is 0 Å². The van der Waals surface area contributed by atoms with E-state index in [0.29, 0.717) is 6.04 Å². The Kier molecular flexibility index (Phi) is 4.65. The fourth-order valence-corrected chi connectivity index (χ4v) is 2.80. The molecule has 0 spiro atoms. The highest BCUT2D eigenvalue weighted by molar-refractivity contribution is 5.74. The summed E-state index contributed by atoms with van der Waals surface area (Å²) >= 11 is 0. The number of hydrogen-bond donors (Lipinski definition) is 0. The van der Waals surface area contributed by atoms with E-state index in [-0.39, 0.29) is 12.1 Å². The van der Waals surface area contributed by atoms with Gasteiger partial charge in [-0.05, 0) is 14.1 Å². The number of amides is 2. The van der Waals surface area contributed by atoms with Crippen molar-refractivity contribution in [1.29, 1.82) is 0 Å². The van der Waals surface area contributed by atoms with Crippen molar-refractivity contribution in [2.24, 2.45) is 0 Å². The number of likely N-dealkylation sites (N-methyl/N-ethyl adjacent to an activating group) is 1. The Morgan fingerprint density at radius 1 is 1.26 bits per heavy atom. The van der Waals surface area contributed by atoms with Crippen LogP contribution in [0.4, 0.5) is 4.79 Å². The van der Waals surface area contributed by atoms with Crippen LogP contribution in [0.5, 0.6) is 0 Å². The highest BCUT2D eigenvalue weighted by Gasteiger charge is 2.41. The molecule has 0 aromatic heterocycles. The molecule has 2 aliphatic rings. The van der Waals surface area contributed by atoms with Gasteiger partial charge in [0.05, 0.1) is 25.3 Å². The molecule has 6 nitrogen and oxygen atoms in total. The van der Waals surface area contributed by atoms with E-state index >= 15 is 0 Å². The maximum Gasteiger partial charge on any atom is 0.319 e. The van der Waals surface area contributed by atoms with Crippen LogP contribution >= 0.6 is 0 Å². The molecule has 0 aromatic rings. The van der Waals surface area contributed by atoms with Gasteiger partial charge in [0.1, 0.15) is 0 Å². The first-order valence-corrected chi connectivity index (χ1v) is 6.95. The standard InChI is InChI=1S/C13H26N4O2/c1-14(2)5-6-16-7-8-19-12-10-17(9-11(12)16)13(18)15(3)4/h11-12H,5-10H2,1-4H3/t11-,12-/m0/s1. The molecular weight excluding hydrogens is 244 g/mol. The average Bonchev–Trinajstić information content (AvgIpc) is 2.79. The molecule has 0 unspecified atom stereocenters. The predicted molar refractivity (Wildman–Crippen MR) is 74.3 cm³/mol. The fourth-order valence-electron chi connectivity index (χ4n) is 2.80. The summed E-state index contributed by atoms with van der Waals surface area (Å²) in [5, 5.41) is 0. The van der Waals surface area contributed by atoms with E-state index in [9.17, 15) is 4.79 Å². The van der Waals surface area contributed by atoms with Gasteiger partial charge in [-0.2, -0.15) is 0 Å². The van der Waals surface area contributed by atoms with Gasteiger partial charge < -0.3 is 19.4 Å². The first-order valence-electron chi connectivity index (χ1n) is 6.95. The Morgan fingerprint density at radius 2 is 2.00 bits per heavy atom. The van der Waals surface area contributed by atoms with Crippen molar-refractivity contribution < 1.29 is 9.53 Å². The van der Waals surface area contributed by atoms with Crippen LogP contribution in [0.25, 0.3) is 0 Å². The predicted octanol–water partition coefficient (Wildman–Crippen LogP) is -0.385. The van der Waals surface area contributed by atoms with Gasteiger partial charge in [-0.1, -0.05) is 0 Å². The number of nitrogens with zero attached hydrogens (tertiary/aromatic N) is 4.